The summed E-state index contributed by atoms with van der Waals surface area (Å²) < 4.78 is 1.03. The summed E-state index contributed by atoms with van der Waals surface area (Å²) in [5.74, 6) is 1.02. The predicted molar refractivity (Wildman–Crippen MR) is 125 cm³/mol. The van der Waals surface area contributed by atoms with E-state index in [1.165, 1.54) is 16.9 Å². The topological polar surface area (TPSA) is 63.8 Å². The number of anilines is 3. The molecule has 0 fully saturated rings. The molecule has 0 aliphatic heterocycles. The van der Waals surface area contributed by atoms with Crippen molar-refractivity contribution in [2.75, 3.05) is 11.1 Å². The van der Waals surface area contributed by atoms with Crippen LogP contribution >= 0.6 is 38.6 Å². The number of aromatic nitrogens is 2. The maximum Gasteiger partial charge on any atom is 0.189 e. The van der Waals surface area contributed by atoms with Crippen molar-refractivity contribution in [3.63, 3.8) is 0 Å². The van der Waals surface area contributed by atoms with Crippen LogP contribution in [0, 0.1) is 0 Å². The van der Waals surface area contributed by atoms with E-state index in [-0.39, 0.29) is 0 Å². The molecular weight excluding hydrogens is 452 g/mol. The molecule has 4 aromatic rings. The first-order valence-electron chi connectivity index (χ1n) is 8.84. The van der Waals surface area contributed by atoms with Gasteiger partial charge in [0.25, 0.3) is 0 Å². The second-order valence-corrected chi connectivity index (χ2v) is 9.46. The molecule has 7 heteroatoms. The van der Waals surface area contributed by atoms with E-state index in [4.69, 9.17) is 10.7 Å². The lowest BCUT2D eigenvalue weighted by Gasteiger charge is -2.07. The van der Waals surface area contributed by atoms with E-state index in [1.54, 1.807) is 11.3 Å². The van der Waals surface area contributed by atoms with Gasteiger partial charge in [-0.2, -0.15) is 0 Å². The summed E-state index contributed by atoms with van der Waals surface area (Å²) >= 11 is 6.61. The van der Waals surface area contributed by atoms with Crippen LogP contribution in [0.2, 0.25) is 0 Å². The Hall–Kier alpha value is -2.22. The molecule has 4 nitrogen and oxygen atoms in total. The smallest absolute Gasteiger partial charge is 0.189 e. The highest BCUT2D eigenvalue weighted by Crippen LogP contribution is 2.39. The average molecular weight is 471 g/mol. The van der Waals surface area contributed by atoms with Crippen LogP contribution in [0.15, 0.2) is 58.4 Å². The maximum absolute atomic E-state index is 6.18. The average Bonchev–Trinajstić information content (AvgIpc) is 3.29. The third-order valence-electron chi connectivity index (χ3n) is 4.30. The minimum absolute atomic E-state index is 0.501. The number of halogens is 1. The van der Waals surface area contributed by atoms with Gasteiger partial charge in [0, 0.05) is 21.1 Å². The number of rotatable bonds is 5. The number of thiazole rings is 2. The molecule has 0 saturated heterocycles. The Morgan fingerprint density at radius 2 is 1.86 bits per heavy atom. The Bertz CT molecular complexity index is 1100. The molecule has 0 atom stereocenters. The molecule has 0 aliphatic rings. The summed E-state index contributed by atoms with van der Waals surface area (Å²) in [5, 5.41) is 7.04. The van der Waals surface area contributed by atoms with Crippen LogP contribution in [0.3, 0.4) is 0 Å². The number of hydrogen-bond acceptors (Lipinski definition) is 6. The molecule has 2 aromatic heterocycles. The van der Waals surface area contributed by atoms with E-state index in [1.807, 2.05) is 23.6 Å². The van der Waals surface area contributed by atoms with Gasteiger partial charge in [0.1, 0.15) is 15.7 Å². The van der Waals surface area contributed by atoms with Gasteiger partial charge in [0.2, 0.25) is 0 Å². The summed E-state index contributed by atoms with van der Waals surface area (Å²) in [6.45, 7) is 4.37. The van der Waals surface area contributed by atoms with Crippen LogP contribution in [0.4, 0.5) is 16.6 Å². The number of nitrogens with one attached hydrogen (secondary N) is 1. The molecule has 142 valence electrons. The van der Waals surface area contributed by atoms with E-state index in [2.05, 4.69) is 70.4 Å². The van der Waals surface area contributed by atoms with Gasteiger partial charge in [-0.15, -0.1) is 11.3 Å². The van der Waals surface area contributed by atoms with E-state index in [0.717, 1.165) is 36.4 Å². The Morgan fingerprint density at radius 3 is 2.57 bits per heavy atom. The van der Waals surface area contributed by atoms with Crippen LogP contribution in [-0.4, -0.2) is 9.97 Å². The van der Waals surface area contributed by atoms with Crippen molar-refractivity contribution in [3.05, 3.63) is 63.9 Å². The molecule has 4 rings (SSSR count). The lowest BCUT2D eigenvalue weighted by atomic mass is 10.0. The first kappa shape index (κ1) is 19.1. The zero-order valence-electron chi connectivity index (χ0n) is 15.4. The van der Waals surface area contributed by atoms with Crippen molar-refractivity contribution in [1.29, 1.82) is 0 Å². The van der Waals surface area contributed by atoms with E-state index in [9.17, 15) is 0 Å². The molecule has 3 N–H and O–H groups in total. The molecule has 0 spiro atoms. The minimum Gasteiger partial charge on any atom is -0.382 e. The Kier molecular flexibility index (Phi) is 5.48. The summed E-state index contributed by atoms with van der Waals surface area (Å²) in [6, 6.07) is 16.5. The van der Waals surface area contributed by atoms with Crippen LogP contribution in [0.5, 0.6) is 0 Å². The van der Waals surface area contributed by atoms with Crippen molar-refractivity contribution in [2.24, 2.45) is 0 Å². The number of nitrogen functional groups attached to an aromatic ring is 1. The monoisotopic (exact) mass is 470 g/mol. The first-order chi connectivity index (χ1) is 13.5. The zero-order chi connectivity index (χ0) is 19.7. The second kappa shape index (κ2) is 8.03. The van der Waals surface area contributed by atoms with Crippen molar-refractivity contribution < 1.29 is 0 Å². The molecule has 0 bridgehead atoms. The molecule has 0 unspecified atom stereocenters. The number of nitrogens with zero attached hydrogens (tertiary/aromatic N) is 2. The Balaban J connectivity index is 1.56. The highest BCUT2D eigenvalue weighted by Gasteiger charge is 2.15. The Labute approximate surface area is 180 Å². The fraction of sp³-hybridized carbons (Fsp3) is 0.143. The highest BCUT2D eigenvalue weighted by atomic mass is 79.9. The van der Waals surface area contributed by atoms with Crippen LogP contribution in [-0.2, 0) is 0 Å². The molecule has 28 heavy (non-hydrogen) atoms. The van der Waals surface area contributed by atoms with Gasteiger partial charge in [0.15, 0.2) is 5.13 Å². The molecule has 0 saturated carbocycles. The van der Waals surface area contributed by atoms with Gasteiger partial charge < -0.3 is 11.1 Å². The van der Waals surface area contributed by atoms with E-state index in [0.29, 0.717) is 11.7 Å². The normalized spacial score (nSPS) is 11.1. The second-order valence-electron chi connectivity index (χ2n) is 6.68. The van der Waals surface area contributed by atoms with Crippen molar-refractivity contribution in [1.82, 2.24) is 9.97 Å². The summed E-state index contributed by atoms with van der Waals surface area (Å²) in [7, 11) is 0. The first-order valence-corrected chi connectivity index (χ1v) is 11.3. The van der Waals surface area contributed by atoms with Gasteiger partial charge in [0.05, 0.1) is 5.69 Å². The minimum atomic E-state index is 0.501. The molecular formula is C21H19BrN4S2. The Morgan fingerprint density at radius 1 is 1.07 bits per heavy atom. The molecule has 0 aliphatic carbocycles. The van der Waals surface area contributed by atoms with Crippen molar-refractivity contribution in [3.8, 4) is 21.1 Å². The summed E-state index contributed by atoms with van der Waals surface area (Å²) in [6.07, 6.45) is 0. The lowest BCUT2D eigenvalue weighted by Crippen LogP contribution is -1.92. The zero-order valence-corrected chi connectivity index (χ0v) is 18.7. The fourth-order valence-electron chi connectivity index (χ4n) is 2.77. The largest absolute Gasteiger partial charge is 0.382 e. The van der Waals surface area contributed by atoms with Crippen LogP contribution < -0.4 is 11.1 Å². The van der Waals surface area contributed by atoms with Crippen LogP contribution in [0.25, 0.3) is 21.1 Å². The fourth-order valence-corrected chi connectivity index (χ4v) is 5.00. The predicted octanol–water partition coefficient (Wildman–Crippen LogP) is 7.15. The quantitative estimate of drug-likeness (QED) is 0.325. The van der Waals surface area contributed by atoms with Gasteiger partial charge in [-0.1, -0.05) is 65.4 Å². The van der Waals surface area contributed by atoms with Gasteiger partial charge in [-0.05, 0) is 35.7 Å². The molecule has 0 radical (unpaired) electrons. The van der Waals surface area contributed by atoms with Gasteiger partial charge in [-0.25, -0.2) is 9.97 Å². The lowest BCUT2D eigenvalue weighted by molar-refractivity contribution is 0.867. The van der Waals surface area contributed by atoms with E-state index < -0.39 is 0 Å². The third kappa shape index (κ3) is 4.11. The third-order valence-corrected chi connectivity index (χ3v) is 6.78. The summed E-state index contributed by atoms with van der Waals surface area (Å²) in [5.41, 5.74) is 10.5. The number of nitrogens with two attached hydrogens (primary N) is 1. The van der Waals surface area contributed by atoms with Gasteiger partial charge >= 0.3 is 0 Å². The number of benzene rings is 2. The SMILES string of the molecule is CC(C)c1ccc(Nc2nc(N)c(-c3nc(-c4cccc(Br)c4)cs3)s2)cc1. The van der Waals surface area contributed by atoms with Gasteiger partial charge in [-0.3, -0.25) is 0 Å². The molecule has 0 amide bonds. The maximum atomic E-state index is 6.18. The highest BCUT2D eigenvalue weighted by molar-refractivity contribution is 9.10. The van der Waals surface area contributed by atoms with Crippen molar-refractivity contribution in [2.45, 2.75) is 19.8 Å². The van der Waals surface area contributed by atoms with E-state index >= 15 is 0 Å². The molecule has 2 heterocycles. The number of hydrogen-bond donors (Lipinski definition) is 2. The molecule has 2 aromatic carbocycles. The summed E-state index contributed by atoms with van der Waals surface area (Å²) in [4.78, 5) is 10.1. The standard InChI is InChI=1S/C21H19BrN4S2/c1-12(2)13-6-8-16(9-7-13)24-21-26-19(23)18(28-21)20-25-17(11-27-20)14-4-3-5-15(22)10-14/h3-12H,23H2,1-2H3,(H,24,26). The van der Waals surface area contributed by atoms with Crippen LogP contribution in [0.1, 0.15) is 25.3 Å². The van der Waals surface area contributed by atoms with Crippen molar-refractivity contribution >= 4 is 55.2 Å².